The zero-order chi connectivity index (χ0) is 10.7. The van der Waals surface area contributed by atoms with Gasteiger partial charge in [0.1, 0.15) is 0 Å². The van der Waals surface area contributed by atoms with E-state index in [0.29, 0.717) is 18.1 Å². The normalized spacial score (nSPS) is 30.6. The molecule has 1 fully saturated rings. The molecule has 0 aromatic heterocycles. The number of nitrogens with zero attached hydrogens (tertiary/aromatic N) is 1. The van der Waals surface area contributed by atoms with Gasteiger partial charge >= 0.3 is 0 Å². The molecule has 2 aliphatic heterocycles. The molecule has 6 heteroatoms. The molecule has 5 nitrogen and oxygen atoms in total. The van der Waals surface area contributed by atoms with Crippen LogP contribution >= 0.6 is 11.8 Å². The molecule has 1 saturated heterocycles. The molecule has 2 rings (SSSR count). The lowest BCUT2D eigenvalue weighted by molar-refractivity contribution is -0.116. The fourth-order valence-corrected chi connectivity index (χ4v) is 2.77. The van der Waals surface area contributed by atoms with Crippen LogP contribution in [-0.2, 0) is 4.79 Å². The summed E-state index contributed by atoms with van der Waals surface area (Å²) in [4.78, 5) is 15.8. The van der Waals surface area contributed by atoms with Crippen LogP contribution in [0.15, 0.2) is 4.99 Å². The number of amidine groups is 1. The van der Waals surface area contributed by atoms with Gasteiger partial charge in [-0.3, -0.25) is 9.79 Å². The van der Waals surface area contributed by atoms with Gasteiger partial charge in [-0.05, 0) is 6.42 Å². The van der Waals surface area contributed by atoms with Crippen molar-refractivity contribution in [2.75, 3.05) is 24.6 Å². The number of thioether (sulfide) groups is 1. The van der Waals surface area contributed by atoms with Gasteiger partial charge in [0, 0.05) is 24.6 Å². The number of nitrogens with one attached hydrogen (secondary N) is 2. The van der Waals surface area contributed by atoms with E-state index >= 15 is 0 Å². The Morgan fingerprint density at radius 2 is 2.47 bits per heavy atom. The van der Waals surface area contributed by atoms with E-state index in [1.165, 1.54) is 0 Å². The number of amides is 1. The van der Waals surface area contributed by atoms with Crippen molar-refractivity contribution in [2.24, 2.45) is 4.99 Å². The van der Waals surface area contributed by atoms with Gasteiger partial charge in [0.2, 0.25) is 0 Å². The second-order valence-electron chi connectivity index (χ2n) is 3.70. The molecule has 3 N–H and O–H groups in total. The molecule has 15 heavy (non-hydrogen) atoms. The molecule has 0 saturated carbocycles. The van der Waals surface area contributed by atoms with Gasteiger partial charge in [0.05, 0.1) is 12.1 Å². The number of aliphatic imine (C=N–C) groups is 1. The second kappa shape index (κ2) is 4.85. The highest BCUT2D eigenvalue weighted by atomic mass is 32.2. The zero-order valence-electron chi connectivity index (χ0n) is 8.40. The number of hydrogen-bond acceptors (Lipinski definition) is 5. The Morgan fingerprint density at radius 1 is 1.60 bits per heavy atom. The fraction of sp³-hybridized carbons (Fsp3) is 0.778. The first kappa shape index (κ1) is 10.8. The lowest BCUT2D eigenvalue weighted by atomic mass is 10.2. The minimum atomic E-state index is -0.428. The highest BCUT2D eigenvalue weighted by Gasteiger charge is 2.28. The average molecular weight is 229 g/mol. The quantitative estimate of drug-likeness (QED) is 0.566. The average Bonchev–Trinajstić information content (AvgIpc) is 2.66. The Kier molecular flexibility index (Phi) is 3.48. The van der Waals surface area contributed by atoms with E-state index in [-0.39, 0.29) is 11.9 Å². The van der Waals surface area contributed by atoms with Crippen molar-refractivity contribution in [2.45, 2.75) is 18.6 Å². The van der Waals surface area contributed by atoms with E-state index in [2.05, 4.69) is 15.6 Å². The summed E-state index contributed by atoms with van der Waals surface area (Å²) >= 11 is 1.65. The van der Waals surface area contributed by atoms with E-state index in [0.717, 1.165) is 18.7 Å². The number of carbonyl (C=O) groups excluding carboxylic acids is 1. The van der Waals surface area contributed by atoms with Crippen LogP contribution in [0.4, 0.5) is 0 Å². The predicted molar refractivity (Wildman–Crippen MR) is 60.2 cm³/mol. The predicted octanol–water partition coefficient (Wildman–Crippen LogP) is -1.03. The summed E-state index contributed by atoms with van der Waals surface area (Å²) in [6, 6.07) is -0.131. The maximum absolute atomic E-state index is 11.7. The van der Waals surface area contributed by atoms with Gasteiger partial charge in [-0.15, -0.1) is 0 Å². The van der Waals surface area contributed by atoms with E-state index in [1.54, 1.807) is 11.8 Å². The topological polar surface area (TPSA) is 73.7 Å². The molecule has 2 aliphatic rings. The summed E-state index contributed by atoms with van der Waals surface area (Å²) in [5.41, 5.74) is 0. The van der Waals surface area contributed by atoms with Crippen molar-refractivity contribution in [3.05, 3.63) is 0 Å². The standard InChI is InChI=1S/C9H15N3O2S/c13-7-5-15-4-6(7)12-9(14)8-10-2-1-3-11-8/h6-7,13H,1-5H2,(H,10,11)(H,12,14). The Hall–Kier alpha value is -0.750. The number of aliphatic hydroxyl groups excluding tert-OH is 1. The van der Waals surface area contributed by atoms with Gasteiger partial charge in [-0.25, -0.2) is 0 Å². The number of rotatable bonds is 2. The summed E-state index contributed by atoms with van der Waals surface area (Å²) in [6.45, 7) is 1.51. The minimum Gasteiger partial charge on any atom is -0.390 e. The second-order valence-corrected chi connectivity index (χ2v) is 4.77. The molecule has 2 unspecified atom stereocenters. The van der Waals surface area contributed by atoms with Crippen molar-refractivity contribution in [1.82, 2.24) is 10.6 Å². The molecule has 84 valence electrons. The van der Waals surface area contributed by atoms with Crippen molar-refractivity contribution < 1.29 is 9.90 Å². The Morgan fingerprint density at radius 3 is 3.07 bits per heavy atom. The Labute approximate surface area is 92.7 Å². The number of aliphatic hydroxyl groups is 1. The number of carbonyl (C=O) groups is 1. The fourth-order valence-electron chi connectivity index (χ4n) is 1.60. The van der Waals surface area contributed by atoms with E-state index < -0.39 is 6.10 Å². The van der Waals surface area contributed by atoms with Crippen LogP contribution < -0.4 is 10.6 Å². The molecule has 2 heterocycles. The largest absolute Gasteiger partial charge is 0.390 e. The molecule has 2 atom stereocenters. The van der Waals surface area contributed by atoms with Gasteiger partial charge < -0.3 is 15.7 Å². The smallest absolute Gasteiger partial charge is 0.286 e. The third-order valence-electron chi connectivity index (χ3n) is 2.48. The highest BCUT2D eigenvalue weighted by Crippen LogP contribution is 2.17. The summed E-state index contributed by atoms with van der Waals surface area (Å²) in [5, 5.41) is 15.3. The maximum Gasteiger partial charge on any atom is 0.286 e. The van der Waals surface area contributed by atoms with Gasteiger partial charge in [0.25, 0.3) is 5.91 Å². The third-order valence-corrected chi connectivity index (χ3v) is 3.65. The molecule has 0 aromatic rings. The van der Waals surface area contributed by atoms with Crippen LogP contribution in [0, 0.1) is 0 Å². The van der Waals surface area contributed by atoms with Crippen molar-refractivity contribution in [3.63, 3.8) is 0 Å². The van der Waals surface area contributed by atoms with Crippen molar-refractivity contribution >= 4 is 23.5 Å². The highest BCUT2D eigenvalue weighted by molar-refractivity contribution is 7.99. The lowest BCUT2D eigenvalue weighted by Crippen LogP contribution is -2.49. The van der Waals surface area contributed by atoms with Crippen LogP contribution in [0.1, 0.15) is 6.42 Å². The van der Waals surface area contributed by atoms with E-state index in [1.807, 2.05) is 0 Å². The van der Waals surface area contributed by atoms with Crippen molar-refractivity contribution in [1.29, 1.82) is 0 Å². The Bertz CT molecular complexity index is 283. The summed E-state index contributed by atoms with van der Waals surface area (Å²) in [6.07, 6.45) is 0.543. The molecule has 0 radical (unpaired) electrons. The van der Waals surface area contributed by atoms with Crippen LogP contribution in [0.25, 0.3) is 0 Å². The van der Waals surface area contributed by atoms with Crippen molar-refractivity contribution in [3.8, 4) is 0 Å². The molecule has 1 amide bonds. The zero-order valence-corrected chi connectivity index (χ0v) is 9.22. The lowest BCUT2D eigenvalue weighted by Gasteiger charge is -2.18. The summed E-state index contributed by atoms with van der Waals surface area (Å²) < 4.78 is 0. The number of hydrogen-bond donors (Lipinski definition) is 3. The monoisotopic (exact) mass is 229 g/mol. The summed E-state index contributed by atoms with van der Waals surface area (Å²) in [5.74, 6) is 1.69. The molecule has 0 aliphatic carbocycles. The third kappa shape index (κ3) is 2.63. The molecule has 0 bridgehead atoms. The molecule has 0 spiro atoms. The van der Waals surface area contributed by atoms with Crippen LogP contribution in [0.2, 0.25) is 0 Å². The van der Waals surface area contributed by atoms with Gasteiger partial charge in [0.15, 0.2) is 5.84 Å². The molecule has 0 aromatic carbocycles. The van der Waals surface area contributed by atoms with Crippen LogP contribution in [0.5, 0.6) is 0 Å². The van der Waals surface area contributed by atoms with E-state index in [4.69, 9.17) is 0 Å². The van der Waals surface area contributed by atoms with Crippen LogP contribution in [0.3, 0.4) is 0 Å². The minimum absolute atomic E-state index is 0.131. The van der Waals surface area contributed by atoms with Gasteiger partial charge in [-0.2, -0.15) is 11.8 Å². The molecular weight excluding hydrogens is 214 g/mol. The van der Waals surface area contributed by atoms with E-state index in [9.17, 15) is 9.90 Å². The SMILES string of the molecule is O=C(NC1CSCC1O)C1=NCCCN1. The van der Waals surface area contributed by atoms with Gasteiger partial charge in [-0.1, -0.05) is 0 Å². The summed E-state index contributed by atoms with van der Waals surface area (Å²) in [7, 11) is 0. The first-order chi connectivity index (χ1) is 7.27. The first-order valence-corrected chi connectivity index (χ1v) is 6.28. The molecular formula is C9H15N3O2S. The Balaban J connectivity index is 1.88. The maximum atomic E-state index is 11.7. The van der Waals surface area contributed by atoms with Crippen LogP contribution in [-0.4, -0.2) is 53.6 Å². The first-order valence-electron chi connectivity index (χ1n) is 5.12.